The highest BCUT2D eigenvalue weighted by Gasteiger charge is 2.39. The van der Waals surface area contributed by atoms with Crippen molar-refractivity contribution in [2.24, 2.45) is 0 Å². The largest absolute Gasteiger partial charge is 0.388 e. The molecular weight excluding hydrogens is 364 g/mol. The monoisotopic (exact) mass is 388 g/mol. The Morgan fingerprint density at radius 3 is 2.64 bits per heavy atom. The fourth-order valence-corrected chi connectivity index (χ4v) is 3.89. The van der Waals surface area contributed by atoms with Crippen molar-refractivity contribution in [1.29, 1.82) is 0 Å². The smallest absolute Gasteiger partial charge is 0.332 e. The van der Waals surface area contributed by atoms with E-state index in [4.69, 9.17) is 4.74 Å². The van der Waals surface area contributed by atoms with E-state index in [0.29, 0.717) is 11.5 Å². The number of nitrogens with zero attached hydrogens (tertiary/aromatic N) is 3. The van der Waals surface area contributed by atoms with Gasteiger partial charge in [0.15, 0.2) is 6.23 Å². The minimum atomic E-state index is -0.841. The van der Waals surface area contributed by atoms with Crippen molar-refractivity contribution in [3.63, 3.8) is 0 Å². The molecule has 1 saturated carbocycles. The third kappa shape index (κ3) is 3.92. The van der Waals surface area contributed by atoms with E-state index in [2.05, 4.69) is 25.6 Å². The van der Waals surface area contributed by atoms with Crippen LogP contribution in [0.1, 0.15) is 38.3 Å². The van der Waals surface area contributed by atoms with E-state index >= 15 is 0 Å². The number of aromatic amines is 1. The molecule has 3 unspecified atom stereocenters. The molecule has 3 heterocycles. The maximum Gasteiger partial charge on any atom is 0.332 e. The molecule has 0 amide bonds. The number of aliphatic hydroxyl groups excluding tert-OH is 1. The Bertz CT molecular complexity index is 908. The van der Waals surface area contributed by atoms with Gasteiger partial charge in [-0.25, -0.2) is 14.8 Å². The molecule has 1 aliphatic heterocycles. The van der Waals surface area contributed by atoms with Crippen molar-refractivity contribution in [2.75, 3.05) is 17.2 Å². The molecule has 1 saturated heterocycles. The number of nitrogens with one attached hydrogen (secondary N) is 3. The molecule has 2 aromatic heterocycles. The number of aliphatic hydroxyl groups is 1. The highest BCUT2D eigenvalue weighted by atomic mass is 16.5. The normalized spacial score (nSPS) is 25.5. The fourth-order valence-electron chi connectivity index (χ4n) is 3.89. The van der Waals surface area contributed by atoms with Crippen LogP contribution in [0.2, 0.25) is 0 Å². The van der Waals surface area contributed by atoms with Crippen LogP contribution in [-0.4, -0.2) is 49.4 Å². The Labute approximate surface area is 161 Å². The Balaban J connectivity index is 1.66. The second kappa shape index (κ2) is 8.11. The highest BCUT2D eigenvalue weighted by Crippen LogP contribution is 2.29. The van der Waals surface area contributed by atoms with Gasteiger partial charge in [-0.05, 0) is 12.8 Å². The average molecular weight is 388 g/mol. The van der Waals surface area contributed by atoms with Crippen LogP contribution in [0.5, 0.6) is 0 Å². The highest BCUT2D eigenvalue weighted by molar-refractivity contribution is 5.41. The van der Waals surface area contributed by atoms with Gasteiger partial charge < -0.3 is 20.5 Å². The van der Waals surface area contributed by atoms with Gasteiger partial charge >= 0.3 is 5.69 Å². The quantitative estimate of drug-likeness (QED) is 0.580. The molecule has 1 aliphatic carbocycles. The number of hydrogen-bond donors (Lipinski definition) is 4. The molecule has 2 aromatic rings. The number of aromatic nitrogens is 4. The molecule has 10 heteroatoms. The topological polar surface area (TPSA) is 134 Å². The number of ether oxygens (including phenoxy) is 1. The molecule has 4 rings (SSSR count). The Morgan fingerprint density at radius 1 is 1.14 bits per heavy atom. The van der Waals surface area contributed by atoms with Crippen LogP contribution in [0.15, 0.2) is 34.4 Å². The summed E-state index contributed by atoms with van der Waals surface area (Å²) in [5.74, 6) is 0.399. The van der Waals surface area contributed by atoms with Crippen LogP contribution in [-0.2, 0) is 4.74 Å². The first-order valence-electron chi connectivity index (χ1n) is 9.55. The summed E-state index contributed by atoms with van der Waals surface area (Å²) in [5, 5.41) is 16.9. The third-order valence-corrected chi connectivity index (χ3v) is 5.24. The van der Waals surface area contributed by atoms with Crippen molar-refractivity contribution < 1.29 is 9.84 Å². The van der Waals surface area contributed by atoms with Crippen LogP contribution < -0.4 is 21.9 Å². The second-order valence-electron chi connectivity index (χ2n) is 7.26. The van der Waals surface area contributed by atoms with Crippen molar-refractivity contribution in [1.82, 2.24) is 19.5 Å². The van der Waals surface area contributed by atoms with Gasteiger partial charge in [-0.15, -0.1) is 0 Å². The molecule has 28 heavy (non-hydrogen) atoms. The van der Waals surface area contributed by atoms with E-state index in [1.54, 1.807) is 12.4 Å². The van der Waals surface area contributed by atoms with Crippen molar-refractivity contribution >= 4 is 11.5 Å². The first-order chi connectivity index (χ1) is 13.6. The molecule has 3 atom stereocenters. The van der Waals surface area contributed by atoms with Gasteiger partial charge in [0.1, 0.15) is 24.3 Å². The van der Waals surface area contributed by atoms with Crippen LogP contribution >= 0.6 is 0 Å². The molecule has 2 aliphatic rings. The van der Waals surface area contributed by atoms with Gasteiger partial charge in [0.2, 0.25) is 0 Å². The van der Waals surface area contributed by atoms with Gasteiger partial charge in [-0.1, -0.05) is 19.3 Å². The van der Waals surface area contributed by atoms with Crippen LogP contribution in [0.25, 0.3) is 0 Å². The molecule has 0 radical (unpaired) electrons. The van der Waals surface area contributed by atoms with E-state index in [1.807, 2.05) is 0 Å². The molecule has 0 aromatic carbocycles. The number of hydrogen-bond acceptors (Lipinski definition) is 8. The molecule has 10 nitrogen and oxygen atoms in total. The lowest BCUT2D eigenvalue weighted by Crippen LogP contribution is -2.43. The number of H-pyrrole nitrogens is 1. The molecule has 150 valence electrons. The summed E-state index contributed by atoms with van der Waals surface area (Å²) in [7, 11) is 0. The van der Waals surface area contributed by atoms with Crippen LogP contribution in [0.4, 0.5) is 11.5 Å². The predicted molar refractivity (Wildman–Crippen MR) is 102 cm³/mol. The standard InChI is InChI=1S/C18H24N6O4/c25-13-9-28-17(16(13)22-12-7-19-10-20-8-12)24-14(6-15(26)23-18(24)27)21-11-4-2-1-3-5-11/h6-8,10-11,13,16-17,21-22,25H,1-5,9H2,(H,23,26,27). The Kier molecular flexibility index (Phi) is 5.40. The van der Waals surface area contributed by atoms with Gasteiger partial charge in [-0.2, -0.15) is 0 Å². The summed E-state index contributed by atoms with van der Waals surface area (Å²) in [6, 6.07) is 0.954. The summed E-state index contributed by atoms with van der Waals surface area (Å²) in [5.41, 5.74) is -0.457. The van der Waals surface area contributed by atoms with Crippen LogP contribution in [0.3, 0.4) is 0 Å². The number of rotatable bonds is 5. The average Bonchev–Trinajstić information content (AvgIpc) is 3.03. The molecule has 4 N–H and O–H groups in total. The van der Waals surface area contributed by atoms with Crippen molar-refractivity contribution in [2.45, 2.75) is 56.5 Å². The molecule has 2 fully saturated rings. The SMILES string of the molecule is O=c1cc(NC2CCCCC2)n(C2OCC(O)C2Nc2cncnc2)c(=O)[nH]1. The molecular formula is C18H24N6O4. The maximum atomic E-state index is 12.6. The summed E-state index contributed by atoms with van der Waals surface area (Å²) in [6.07, 6.45) is 8.31. The van der Waals surface area contributed by atoms with E-state index in [1.165, 1.54) is 23.4 Å². The van der Waals surface area contributed by atoms with E-state index in [-0.39, 0.29) is 12.6 Å². The van der Waals surface area contributed by atoms with E-state index in [9.17, 15) is 14.7 Å². The van der Waals surface area contributed by atoms with E-state index in [0.717, 1.165) is 25.7 Å². The van der Waals surface area contributed by atoms with Crippen molar-refractivity contribution in [3.8, 4) is 0 Å². The minimum absolute atomic E-state index is 0.0600. The number of anilines is 2. The summed E-state index contributed by atoms with van der Waals surface area (Å²) < 4.78 is 7.10. The lowest BCUT2D eigenvalue weighted by atomic mass is 9.95. The maximum absolute atomic E-state index is 12.6. The van der Waals surface area contributed by atoms with Gasteiger partial charge in [0, 0.05) is 12.1 Å². The predicted octanol–water partition coefficient (Wildman–Crippen LogP) is 0.442. The van der Waals surface area contributed by atoms with Crippen LogP contribution in [0, 0.1) is 0 Å². The zero-order chi connectivity index (χ0) is 19.5. The first-order valence-corrected chi connectivity index (χ1v) is 9.55. The van der Waals surface area contributed by atoms with Gasteiger partial charge in [-0.3, -0.25) is 14.3 Å². The lowest BCUT2D eigenvalue weighted by molar-refractivity contribution is 0.0436. The van der Waals surface area contributed by atoms with Crippen molar-refractivity contribution in [3.05, 3.63) is 45.6 Å². The van der Waals surface area contributed by atoms with Gasteiger partial charge in [0.05, 0.1) is 24.7 Å². The zero-order valence-corrected chi connectivity index (χ0v) is 15.4. The summed E-state index contributed by atoms with van der Waals surface area (Å²) in [4.78, 5) is 34.8. The van der Waals surface area contributed by atoms with E-state index < -0.39 is 29.6 Å². The molecule has 0 spiro atoms. The molecule has 0 bridgehead atoms. The second-order valence-corrected chi connectivity index (χ2v) is 7.26. The zero-order valence-electron chi connectivity index (χ0n) is 15.4. The first kappa shape index (κ1) is 18.6. The Morgan fingerprint density at radius 2 is 1.89 bits per heavy atom. The fraction of sp³-hybridized carbons (Fsp3) is 0.556. The lowest BCUT2D eigenvalue weighted by Gasteiger charge is -2.29. The summed E-state index contributed by atoms with van der Waals surface area (Å²) in [6.45, 7) is 0.0600. The Hall–Kier alpha value is -2.72. The van der Waals surface area contributed by atoms with Gasteiger partial charge in [0.25, 0.3) is 5.56 Å². The third-order valence-electron chi connectivity index (χ3n) is 5.24. The minimum Gasteiger partial charge on any atom is -0.388 e. The summed E-state index contributed by atoms with van der Waals surface area (Å²) >= 11 is 0.